The van der Waals surface area contributed by atoms with E-state index in [9.17, 15) is 0 Å². The van der Waals surface area contributed by atoms with Crippen molar-refractivity contribution < 1.29 is 5.21 Å². The van der Waals surface area contributed by atoms with Gasteiger partial charge in [-0.05, 0) is 42.7 Å². The van der Waals surface area contributed by atoms with Crippen molar-refractivity contribution in [2.75, 3.05) is 0 Å². The monoisotopic (exact) mass is 276 g/mol. The Balaban J connectivity index is 2.01. The molecule has 0 radical (unpaired) electrons. The standard InChI is InChI=1S/C15H24N4O/c1-10-5-6-13(11(2)8-10)18-9-12-4-3-7-17-14(12)15(16)19-20/h3-4,7,10-11,13,18,20H,5-6,8-9H2,1-2H3,(H2,16,19). The van der Waals surface area contributed by atoms with Crippen LogP contribution < -0.4 is 11.1 Å². The lowest BCUT2D eigenvalue weighted by atomic mass is 9.80. The van der Waals surface area contributed by atoms with Crippen LogP contribution in [0.1, 0.15) is 44.4 Å². The van der Waals surface area contributed by atoms with Crippen LogP contribution in [-0.2, 0) is 6.54 Å². The van der Waals surface area contributed by atoms with Crippen LogP contribution in [0.4, 0.5) is 0 Å². The maximum atomic E-state index is 8.80. The average Bonchev–Trinajstić information content (AvgIpc) is 2.46. The van der Waals surface area contributed by atoms with Gasteiger partial charge in [0.25, 0.3) is 0 Å². The van der Waals surface area contributed by atoms with E-state index in [1.807, 2.05) is 12.1 Å². The van der Waals surface area contributed by atoms with Gasteiger partial charge in [-0.1, -0.05) is 25.1 Å². The Labute approximate surface area is 120 Å². The molecule has 0 amide bonds. The molecule has 0 spiro atoms. The first kappa shape index (κ1) is 14.8. The quantitative estimate of drug-likeness (QED) is 0.340. The topological polar surface area (TPSA) is 83.5 Å². The minimum atomic E-state index is 0.0627. The molecule has 0 saturated heterocycles. The van der Waals surface area contributed by atoms with Crippen LogP contribution in [-0.4, -0.2) is 22.1 Å². The van der Waals surface area contributed by atoms with E-state index in [1.54, 1.807) is 6.20 Å². The number of amidine groups is 1. The van der Waals surface area contributed by atoms with E-state index in [0.717, 1.165) is 11.5 Å². The number of rotatable bonds is 4. The van der Waals surface area contributed by atoms with E-state index in [2.05, 4.69) is 29.3 Å². The highest BCUT2D eigenvalue weighted by Crippen LogP contribution is 2.28. The van der Waals surface area contributed by atoms with Gasteiger partial charge in [-0.2, -0.15) is 0 Å². The Kier molecular flexibility index (Phi) is 4.95. The van der Waals surface area contributed by atoms with E-state index >= 15 is 0 Å². The summed E-state index contributed by atoms with van der Waals surface area (Å²) >= 11 is 0. The molecule has 0 bridgehead atoms. The van der Waals surface area contributed by atoms with Crippen molar-refractivity contribution in [1.29, 1.82) is 0 Å². The molecule has 1 aliphatic carbocycles. The minimum absolute atomic E-state index is 0.0627. The zero-order valence-electron chi connectivity index (χ0n) is 12.2. The fourth-order valence-corrected chi connectivity index (χ4v) is 3.07. The lowest BCUT2D eigenvalue weighted by molar-refractivity contribution is 0.227. The summed E-state index contributed by atoms with van der Waals surface area (Å²) in [6.07, 6.45) is 5.42. The molecule has 3 unspecified atom stereocenters. The van der Waals surface area contributed by atoms with Crippen molar-refractivity contribution in [2.24, 2.45) is 22.7 Å². The van der Waals surface area contributed by atoms with Crippen LogP contribution in [0.15, 0.2) is 23.5 Å². The Morgan fingerprint density at radius 2 is 2.30 bits per heavy atom. The molecule has 1 heterocycles. The predicted octanol–water partition coefficient (Wildman–Crippen LogP) is 2.09. The zero-order chi connectivity index (χ0) is 14.5. The Hall–Kier alpha value is -1.62. The van der Waals surface area contributed by atoms with Crippen molar-refractivity contribution in [3.05, 3.63) is 29.6 Å². The molecule has 1 aliphatic rings. The van der Waals surface area contributed by atoms with Gasteiger partial charge in [-0.25, -0.2) is 0 Å². The van der Waals surface area contributed by atoms with Crippen molar-refractivity contribution in [3.8, 4) is 0 Å². The van der Waals surface area contributed by atoms with Crippen LogP contribution in [0.5, 0.6) is 0 Å². The number of aromatic nitrogens is 1. The summed E-state index contributed by atoms with van der Waals surface area (Å²) in [5, 5.41) is 15.4. The molecule has 1 aromatic heterocycles. The molecular formula is C15H24N4O. The molecule has 1 saturated carbocycles. The van der Waals surface area contributed by atoms with Gasteiger partial charge in [-0.15, -0.1) is 0 Å². The summed E-state index contributed by atoms with van der Waals surface area (Å²) in [5.74, 6) is 1.57. The van der Waals surface area contributed by atoms with Gasteiger partial charge in [0.1, 0.15) is 5.69 Å². The summed E-state index contributed by atoms with van der Waals surface area (Å²) < 4.78 is 0. The molecule has 110 valence electrons. The normalized spacial score (nSPS) is 27.5. The summed E-state index contributed by atoms with van der Waals surface area (Å²) in [7, 11) is 0. The molecule has 5 heteroatoms. The fraction of sp³-hybridized carbons (Fsp3) is 0.600. The summed E-state index contributed by atoms with van der Waals surface area (Å²) in [6, 6.07) is 4.37. The highest BCUT2D eigenvalue weighted by molar-refractivity contribution is 5.96. The van der Waals surface area contributed by atoms with Gasteiger partial charge in [0.2, 0.25) is 0 Å². The third-order valence-electron chi connectivity index (χ3n) is 4.23. The number of nitrogens with two attached hydrogens (primary N) is 1. The maximum Gasteiger partial charge on any atom is 0.189 e. The third-order valence-corrected chi connectivity index (χ3v) is 4.23. The van der Waals surface area contributed by atoms with E-state index in [1.165, 1.54) is 19.3 Å². The first-order valence-corrected chi connectivity index (χ1v) is 7.27. The number of nitrogens with zero attached hydrogens (tertiary/aromatic N) is 2. The van der Waals surface area contributed by atoms with Gasteiger partial charge in [-0.3, -0.25) is 4.98 Å². The van der Waals surface area contributed by atoms with Crippen molar-refractivity contribution in [3.63, 3.8) is 0 Å². The van der Waals surface area contributed by atoms with Gasteiger partial charge in [0, 0.05) is 18.8 Å². The fourth-order valence-electron chi connectivity index (χ4n) is 3.07. The number of nitrogens with one attached hydrogen (secondary N) is 1. The first-order valence-electron chi connectivity index (χ1n) is 7.27. The van der Waals surface area contributed by atoms with Crippen LogP contribution in [0, 0.1) is 11.8 Å². The highest BCUT2D eigenvalue weighted by atomic mass is 16.4. The Morgan fingerprint density at radius 1 is 1.50 bits per heavy atom. The zero-order valence-corrected chi connectivity index (χ0v) is 12.2. The van der Waals surface area contributed by atoms with Crippen LogP contribution in [0.25, 0.3) is 0 Å². The van der Waals surface area contributed by atoms with E-state index in [-0.39, 0.29) is 5.84 Å². The number of oxime groups is 1. The third kappa shape index (κ3) is 3.48. The second-order valence-electron chi connectivity index (χ2n) is 5.88. The van der Waals surface area contributed by atoms with E-state index in [0.29, 0.717) is 24.2 Å². The lowest BCUT2D eigenvalue weighted by Crippen LogP contribution is -2.39. The minimum Gasteiger partial charge on any atom is -0.409 e. The lowest BCUT2D eigenvalue weighted by Gasteiger charge is -2.33. The molecule has 0 aliphatic heterocycles. The molecule has 3 atom stereocenters. The number of hydrogen-bond acceptors (Lipinski definition) is 4. The number of hydrogen-bond donors (Lipinski definition) is 3. The molecule has 2 rings (SSSR count). The smallest absolute Gasteiger partial charge is 0.189 e. The molecule has 4 N–H and O–H groups in total. The molecule has 20 heavy (non-hydrogen) atoms. The van der Waals surface area contributed by atoms with Crippen LogP contribution in [0.2, 0.25) is 0 Å². The first-order chi connectivity index (χ1) is 9.61. The van der Waals surface area contributed by atoms with Gasteiger partial charge >= 0.3 is 0 Å². The summed E-state index contributed by atoms with van der Waals surface area (Å²) in [6.45, 7) is 5.33. The Morgan fingerprint density at radius 3 is 3.00 bits per heavy atom. The molecule has 1 aromatic rings. The van der Waals surface area contributed by atoms with Crippen molar-refractivity contribution in [2.45, 2.75) is 45.7 Å². The summed E-state index contributed by atoms with van der Waals surface area (Å²) in [4.78, 5) is 4.19. The highest BCUT2D eigenvalue weighted by Gasteiger charge is 2.25. The van der Waals surface area contributed by atoms with Gasteiger partial charge < -0.3 is 16.3 Å². The van der Waals surface area contributed by atoms with Crippen molar-refractivity contribution in [1.82, 2.24) is 10.3 Å². The SMILES string of the molecule is CC1CCC(NCc2cccnc2C(N)=NO)C(C)C1. The van der Waals surface area contributed by atoms with E-state index in [4.69, 9.17) is 10.9 Å². The second-order valence-corrected chi connectivity index (χ2v) is 5.88. The predicted molar refractivity (Wildman–Crippen MR) is 79.6 cm³/mol. The molecule has 1 fully saturated rings. The van der Waals surface area contributed by atoms with Crippen LogP contribution >= 0.6 is 0 Å². The summed E-state index contributed by atoms with van der Waals surface area (Å²) in [5.41, 5.74) is 7.18. The molecule has 5 nitrogen and oxygen atoms in total. The van der Waals surface area contributed by atoms with Crippen LogP contribution in [0.3, 0.4) is 0 Å². The number of pyridine rings is 1. The molecule has 0 aromatic carbocycles. The van der Waals surface area contributed by atoms with Crippen molar-refractivity contribution >= 4 is 5.84 Å². The van der Waals surface area contributed by atoms with E-state index < -0.39 is 0 Å². The van der Waals surface area contributed by atoms with Gasteiger partial charge in [0.05, 0.1) is 0 Å². The van der Waals surface area contributed by atoms with Gasteiger partial charge in [0.15, 0.2) is 5.84 Å². The maximum absolute atomic E-state index is 8.80. The molecular weight excluding hydrogens is 252 g/mol. The average molecular weight is 276 g/mol. The Bertz CT molecular complexity index is 475. The second kappa shape index (κ2) is 6.70. The largest absolute Gasteiger partial charge is 0.409 e.